The molecule has 0 fully saturated rings. The van der Waals surface area contributed by atoms with Gasteiger partial charge in [0.2, 0.25) is 0 Å². The summed E-state index contributed by atoms with van der Waals surface area (Å²) < 4.78 is 10.8. The number of nitrogens with one attached hydrogen (secondary N) is 2. The van der Waals surface area contributed by atoms with Crippen molar-refractivity contribution in [3.8, 4) is 0 Å². The smallest absolute Gasteiger partial charge is 0.287 e. The van der Waals surface area contributed by atoms with Gasteiger partial charge in [-0.3, -0.25) is 4.79 Å². The number of likely N-dealkylation sites (N-methyl/N-ethyl adjacent to an activating group) is 1. The van der Waals surface area contributed by atoms with Gasteiger partial charge in [-0.15, -0.1) is 12.4 Å². The van der Waals surface area contributed by atoms with Crippen molar-refractivity contribution in [2.45, 2.75) is 19.6 Å². The molecule has 2 N–H and O–H groups in total. The zero-order chi connectivity index (χ0) is 14.5. The van der Waals surface area contributed by atoms with Gasteiger partial charge in [0.05, 0.1) is 6.61 Å². The molecule has 1 aromatic carbocycles. The fourth-order valence-corrected chi connectivity index (χ4v) is 2.00. The summed E-state index contributed by atoms with van der Waals surface area (Å²) in [5.74, 6) is 0.117. The minimum absolute atomic E-state index is 0. The Labute approximate surface area is 130 Å². The number of halogens is 1. The van der Waals surface area contributed by atoms with Gasteiger partial charge in [0, 0.05) is 30.6 Å². The first-order valence-electron chi connectivity index (χ1n) is 6.62. The van der Waals surface area contributed by atoms with Crippen LogP contribution in [-0.2, 0) is 11.3 Å². The third-order valence-corrected chi connectivity index (χ3v) is 3.25. The van der Waals surface area contributed by atoms with E-state index < -0.39 is 0 Å². The average molecular weight is 313 g/mol. The highest BCUT2D eigenvalue weighted by Gasteiger charge is 2.20. The zero-order valence-corrected chi connectivity index (χ0v) is 13.3. The Morgan fingerprint density at radius 2 is 2.10 bits per heavy atom. The maximum Gasteiger partial charge on any atom is 0.287 e. The summed E-state index contributed by atoms with van der Waals surface area (Å²) in [6, 6.07) is 7.78. The third kappa shape index (κ3) is 3.97. The molecule has 2 aromatic rings. The van der Waals surface area contributed by atoms with Gasteiger partial charge < -0.3 is 19.8 Å². The topological polar surface area (TPSA) is 63.5 Å². The number of methoxy groups -OCH3 is 1. The molecule has 6 heteroatoms. The lowest BCUT2D eigenvalue weighted by Crippen LogP contribution is -2.37. The molecule has 0 saturated carbocycles. The predicted molar refractivity (Wildman–Crippen MR) is 85.0 cm³/mol. The SMILES string of the molecule is CNC(C)CNC(=O)c1oc2ccccc2c1COC.Cl. The summed E-state index contributed by atoms with van der Waals surface area (Å²) in [5, 5.41) is 6.84. The third-order valence-electron chi connectivity index (χ3n) is 3.25. The molecular weight excluding hydrogens is 292 g/mol. The Balaban J connectivity index is 0.00000220. The molecule has 0 aliphatic rings. The van der Waals surface area contributed by atoms with Gasteiger partial charge in [-0.25, -0.2) is 0 Å². The number of amides is 1. The number of para-hydroxylation sites is 1. The molecule has 0 saturated heterocycles. The van der Waals surface area contributed by atoms with E-state index in [9.17, 15) is 4.79 Å². The molecule has 2 rings (SSSR count). The van der Waals surface area contributed by atoms with Crippen molar-refractivity contribution >= 4 is 29.3 Å². The molecular formula is C15H21ClN2O3. The second-order valence-electron chi connectivity index (χ2n) is 4.74. The standard InChI is InChI=1S/C15H20N2O3.ClH/c1-10(16-2)8-17-15(18)14-12(9-19-3)11-6-4-5-7-13(11)20-14;/h4-7,10,16H,8-9H2,1-3H3,(H,17,18);1H. The van der Waals surface area contributed by atoms with Gasteiger partial charge >= 0.3 is 0 Å². The molecule has 116 valence electrons. The molecule has 1 unspecified atom stereocenters. The summed E-state index contributed by atoms with van der Waals surface area (Å²) in [7, 11) is 3.46. The highest BCUT2D eigenvalue weighted by atomic mass is 35.5. The lowest BCUT2D eigenvalue weighted by Gasteiger charge is -2.10. The minimum Gasteiger partial charge on any atom is -0.451 e. The second kappa shape index (κ2) is 8.02. The number of furan rings is 1. The van der Waals surface area contributed by atoms with Gasteiger partial charge in [-0.05, 0) is 20.0 Å². The van der Waals surface area contributed by atoms with E-state index in [1.54, 1.807) is 7.11 Å². The Bertz CT molecular complexity index is 598. The fraction of sp³-hybridized carbons (Fsp3) is 0.400. The molecule has 1 amide bonds. The van der Waals surface area contributed by atoms with E-state index in [-0.39, 0.29) is 24.4 Å². The zero-order valence-electron chi connectivity index (χ0n) is 12.4. The molecule has 1 atom stereocenters. The molecule has 0 spiro atoms. The molecule has 0 aliphatic carbocycles. The van der Waals surface area contributed by atoms with Gasteiger partial charge in [-0.2, -0.15) is 0 Å². The molecule has 5 nitrogen and oxygen atoms in total. The monoisotopic (exact) mass is 312 g/mol. The van der Waals surface area contributed by atoms with Crippen molar-refractivity contribution in [3.05, 3.63) is 35.6 Å². The minimum atomic E-state index is -0.213. The molecule has 0 aliphatic heterocycles. The predicted octanol–water partition coefficient (Wildman–Crippen LogP) is 2.34. The van der Waals surface area contributed by atoms with Crippen LogP contribution in [0.3, 0.4) is 0 Å². The van der Waals surface area contributed by atoms with E-state index >= 15 is 0 Å². The lowest BCUT2D eigenvalue weighted by atomic mass is 10.1. The van der Waals surface area contributed by atoms with Crippen LogP contribution in [0.4, 0.5) is 0 Å². The van der Waals surface area contributed by atoms with Crippen LogP contribution in [0.1, 0.15) is 23.0 Å². The first kappa shape index (κ1) is 17.5. The van der Waals surface area contributed by atoms with Crippen LogP contribution >= 0.6 is 12.4 Å². The van der Waals surface area contributed by atoms with E-state index in [2.05, 4.69) is 10.6 Å². The summed E-state index contributed by atoms with van der Waals surface area (Å²) in [6.45, 7) is 2.88. The molecule has 1 heterocycles. The quantitative estimate of drug-likeness (QED) is 0.859. The Morgan fingerprint density at radius 3 is 2.76 bits per heavy atom. The number of ether oxygens (including phenoxy) is 1. The van der Waals surface area contributed by atoms with Crippen molar-refractivity contribution < 1.29 is 13.9 Å². The van der Waals surface area contributed by atoms with Crippen LogP contribution in [0, 0.1) is 0 Å². The van der Waals surface area contributed by atoms with Crippen molar-refractivity contribution in [3.63, 3.8) is 0 Å². The highest BCUT2D eigenvalue weighted by Crippen LogP contribution is 2.26. The van der Waals surface area contributed by atoms with Gasteiger partial charge in [0.15, 0.2) is 5.76 Å². The highest BCUT2D eigenvalue weighted by molar-refractivity contribution is 5.99. The second-order valence-corrected chi connectivity index (χ2v) is 4.74. The van der Waals surface area contributed by atoms with Crippen molar-refractivity contribution in [2.24, 2.45) is 0 Å². The number of hydrogen-bond acceptors (Lipinski definition) is 4. The van der Waals surface area contributed by atoms with Crippen LogP contribution in [0.5, 0.6) is 0 Å². The summed E-state index contributed by atoms with van der Waals surface area (Å²) in [5.41, 5.74) is 1.49. The van der Waals surface area contributed by atoms with Crippen LogP contribution in [0.25, 0.3) is 11.0 Å². The largest absolute Gasteiger partial charge is 0.451 e. The maximum atomic E-state index is 12.2. The van der Waals surface area contributed by atoms with E-state index in [0.717, 1.165) is 10.9 Å². The van der Waals surface area contributed by atoms with Crippen LogP contribution in [0.15, 0.2) is 28.7 Å². The number of carbonyl (C=O) groups is 1. The Kier molecular flexibility index (Phi) is 6.68. The van der Waals surface area contributed by atoms with E-state index in [1.807, 2.05) is 38.2 Å². The Morgan fingerprint density at radius 1 is 1.38 bits per heavy atom. The maximum absolute atomic E-state index is 12.2. The molecule has 0 bridgehead atoms. The van der Waals surface area contributed by atoms with Crippen molar-refractivity contribution in [1.82, 2.24) is 10.6 Å². The van der Waals surface area contributed by atoms with Crippen LogP contribution in [0.2, 0.25) is 0 Å². The van der Waals surface area contributed by atoms with Crippen molar-refractivity contribution in [2.75, 3.05) is 20.7 Å². The fourth-order valence-electron chi connectivity index (χ4n) is 2.00. The number of fused-ring (bicyclic) bond motifs is 1. The van der Waals surface area contributed by atoms with E-state index in [0.29, 0.717) is 24.5 Å². The number of benzene rings is 1. The van der Waals surface area contributed by atoms with Gasteiger partial charge in [-0.1, -0.05) is 18.2 Å². The normalized spacial score (nSPS) is 12.0. The number of hydrogen-bond donors (Lipinski definition) is 2. The van der Waals surface area contributed by atoms with E-state index in [4.69, 9.17) is 9.15 Å². The first-order valence-corrected chi connectivity index (χ1v) is 6.62. The average Bonchev–Trinajstić information content (AvgIpc) is 2.84. The Hall–Kier alpha value is -1.56. The molecule has 0 radical (unpaired) electrons. The van der Waals surface area contributed by atoms with Gasteiger partial charge in [0.25, 0.3) is 5.91 Å². The van der Waals surface area contributed by atoms with E-state index in [1.165, 1.54) is 0 Å². The number of carbonyl (C=O) groups excluding carboxylic acids is 1. The van der Waals surface area contributed by atoms with Crippen LogP contribution < -0.4 is 10.6 Å². The molecule has 21 heavy (non-hydrogen) atoms. The summed E-state index contributed by atoms with van der Waals surface area (Å²) in [4.78, 5) is 12.2. The first-order chi connectivity index (χ1) is 9.67. The van der Waals surface area contributed by atoms with Gasteiger partial charge in [0.1, 0.15) is 5.58 Å². The lowest BCUT2D eigenvalue weighted by molar-refractivity contribution is 0.0918. The van der Waals surface area contributed by atoms with Crippen molar-refractivity contribution in [1.29, 1.82) is 0 Å². The number of rotatable bonds is 6. The molecule has 1 aromatic heterocycles. The summed E-state index contributed by atoms with van der Waals surface area (Å²) >= 11 is 0. The summed E-state index contributed by atoms with van der Waals surface area (Å²) in [6.07, 6.45) is 0. The van der Waals surface area contributed by atoms with Crippen LogP contribution in [-0.4, -0.2) is 32.7 Å².